The summed E-state index contributed by atoms with van der Waals surface area (Å²) in [6.45, 7) is 1.98. The first kappa shape index (κ1) is 23.2. The number of aromatic nitrogens is 1. The smallest absolute Gasteiger partial charge is 0.218 e. The summed E-state index contributed by atoms with van der Waals surface area (Å²) in [5.74, 6) is 0.120. The number of sulfonamides is 1. The van der Waals surface area contributed by atoms with Gasteiger partial charge in [0, 0.05) is 43.5 Å². The van der Waals surface area contributed by atoms with Gasteiger partial charge in [0.1, 0.15) is 0 Å². The highest BCUT2D eigenvalue weighted by molar-refractivity contribution is 7.88. The highest BCUT2D eigenvalue weighted by Gasteiger charge is 2.50. The predicted molar refractivity (Wildman–Crippen MR) is 134 cm³/mol. The third-order valence-corrected chi connectivity index (χ3v) is 9.02. The number of aliphatic hydroxyl groups excluding tert-OH is 1. The second-order valence-electron chi connectivity index (χ2n) is 9.25. The van der Waals surface area contributed by atoms with Gasteiger partial charge in [0.2, 0.25) is 10.0 Å². The highest BCUT2D eigenvalue weighted by atomic mass is 32.2. The van der Waals surface area contributed by atoms with E-state index in [0.29, 0.717) is 13.1 Å². The molecule has 1 aromatic heterocycles. The minimum absolute atomic E-state index is 0.0195. The van der Waals surface area contributed by atoms with E-state index in [-0.39, 0.29) is 30.4 Å². The summed E-state index contributed by atoms with van der Waals surface area (Å²) in [6, 6.07) is 21.9. The van der Waals surface area contributed by atoms with Crippen LogP contribution >= 0.6 is 0 Å². The monoisotopic (exact) mass is 477 g/mol. The van der Waals surface area contributed by atoms with E-state index in [4.69, 9.17) is 0 Å². The van der Waals surface area contributed by atoms with Crippen LogP contribution in [0, 0.1) is 0 Å². The number of nitrogens with zero attached hydrogens (tertiary/aromatic N) is 3. The number of pyridine rings is 1. The molecule has 2 saturated heterocycles. The van der Waals surface area contributed by atoms with Gasteiger partial charge in [-0.2, -0.15) is 0 Å². The summed E-state index contributed by atoms with van der Waals surface area (Å²) in [7, 11) is -3.43. The van der Waals surface area contributed by atoms with Gasteiger partial charge in [0.15, 0.2) is 0 Å². The lowest BCUT2D eigenvalue weighted by molar-refractivity contribution is -0.0554. The van der Waals surface area contributed by atoms with Crippen LogP contribution in [0.2, 0.25) is 0 Å². The molecule has 178 valence electrons. The molecule has 0 spiro atoms. The van der Waals surface area contributed by atoms with E-state index in [1.165, 1.54) is 0 Å². The molecular weight excluding hydrogens is 446 g/mol. The molecule has 6 nitrogen and oxygen atoms in total. The van der Waals surface area contributed by atoms with Crippen LogP contribution in [0.5, 0.6) is 0 Å². The quantitative estimate of drug-likeness (QED) is 0.588. The third-order valence-electron chi connectivity index (χ3n) is 7.21. The fraction of sp³-hybridized carbons (Fsp3) is 0.370. The molecule has 0 saturated carbocycles. The van der Waals surface area contributed by atoms with Crippen molar-refractivity contribution in [3.8, 4) is 11.1 Å². The maximum absolute atomic E-state index is 13.3. The zero-order valence-corrected chi connectivity index (χ0v) is 20.0. The first-order valence-electron chi connectivity index (χ1n) is 12.0. The zero-order chi connectivity index (χ0) is 23.5. The van der Waals surface area contributed by atoms with Crippen LogP contribution in [-0.4, -0.2) is 66.0 Å². The average molecular weight is 478 g/mol. The molecule has 3 aromatic rings. The normalized spacial score (nSPS) is 24.0. The summed E-state index contributed by atoms with van der Waals surface area (Å²) < 4.78 is 28.4. The summed E-state index contributed by atoms with van der Waals surface area (Å²) in [5, 5.41) is 10.2. The Labute approximate surface area is 201 Å². The van der Waals surface area contributed by atoms with Crippen molar-refractivity contribution < 1.29 is 13.5 Å². The Hall–Kier alpha value is -2.58. The van der Waals surface area contributed by atoms with Gasteiger partial charge >= 0.3 is 0 Å². The zero-order valence-electron chi connectivity index (χ0n) is 19.2. The van der Waals surface area contributed by atoms with Gasteiger partial charge < -0.3 is 5.11 Å². The second-order valence-corrected chi connectivity index (χ2v) is 11.2. The van der Waals surface area contributed by atoms with Crippen LogP contribution in [-0.2, 0) is 15.8 Å². The largest absolute Gasteiger partial charge is 0.395 e. The van der Waals surface area contributed by atoms with Gasteiger partial charge in [-0.25, -0.2) is 12.7 Å². The molecule has 2 aromatic carbocycles. The number of hydrogen-bond donors (Lipinski definition) is 1. The van der Waals surface area contributed by atoms with E-state index in [9.17, 15) is 13.5 Å². The van der Waals surface area contributed by atoms with Crippen molar-refractivity contribution in [3.05, 3.63) is 90.3 Å². The number of fused-ring (bicyclic) bond motifs is 1. The van der Waals surface area contributed by atoms with Crippen molar-refractivity contribution in [1.82, 2.24) is 14.2 Å². The number of rotatable bonds is 6. The van der Waals surface area contributed by atoms with Crippen LogP contribution in [0.25, 0.3) is 11.1 Å². The molecular formula is C27H31N3O3S. The van der Waals surface area contributed by atoms with Gasteiger partial charge in [-0.1, -0.05) is 60.7 Å². The summed E-state index contributed by atoms with van der Waals surface area (Å²) in [5.41, 5.74) is 4.12. The number of aliphatic hydroxyl groups is 1. The Bertz CT molecular complexity index is 1190. The fourth-order valence-electron chi connectivity index (χ4n) is 5.47. The van der Waals surface area contributed by atoms with Crippen molar-refractivity contribution >= 4 is 10.0 Å². The maximum atomic E-state index is 13.3. The molecule has 0 bridgehead atoms. The van der Waals surface area contributed by atoms with Crippen LogP contribution in [0.15, 0.2) is 79.1 Å². The highest BCUT2D eigenvalue weighted by Crippen LogP contribution is 2.42. The van der Waals surface area contributed by atoms with E-state index in [1.54, 1.807) is 10.5 Å². The van der Waals surface area contributed by atoms with Gasteiger partial charge in [0.25, 0.3) is 0 Å². The summed E-state index contributed by atoms with van der Waals surface area (Å²) >= 11 is 0. The first-order chi connectivity index (χ1) is 16.6. The Morgan fingerprint density at radius 3 is 2.38 bits per heavy atom. The van der Waals surface area contributed by atoms with Crippen LogP contribution in [0.1, 0.15) is 29.9 Å². The van der Waals surface area contributed by atoms with E-state index in [1.807, 2.05) is 48.7 Å². The molecule has 1 N–H and O–H groups in total. The van der Waals surface area contributed by atoms with Gasteiger partial charge in [-0.05, 0) is 47.7 Å². The molecule has 0 radical (unpaired) electrons. The molecule has 7 heteroatoms. The van der Waals surface area contributed by atoms with E-state index >= 15 is 0 Å². The molecule has 0 amide bonds. The Kier molecular flexibility index (Phi) is 6.79. The molecule has 0 unspecified atom stereocenters. The lowest BCUT2D eigenvalue weighted by Crippen LogP contribution is -2.67. The number of benzene rings is 2. The predicted octanol–water partition coefficient (Wildman–Crippen LogP) is 3.50. The summed E-state index contributed by atoms with van der Waals surface area (Å²) in [6.07, 6.45) is 5.37. The molecule has 2 aliphatic rings. The van der Waals surface area contributed by atoms with Gasteiger partial charge in [-0.15, -0.1) is 0 Å². The van der Waals surface area contributed by atoms with Crippen molar-refractivity contribution in [2.45, 2.75) is 36.6 Å². The van der Waals surface area contributed by atoms with Gasteiger partial charge in [-0.3, -0.25) is 9.88 Å². The lowest BCUT2D eigenvalue weighted by Gasteiger charge is -2.57. The maximum Gasteiger partial charge on any atom is 0.218 e. The van der Waals surface area contributed by atoms with Crippen molar-refractivity contribution in [1.29, 1.82) is 0 Å². The molecule has 5 rings (SSSR count). The number of hydrogen-bond acceptors (Lipinski definition) is 5. The van der Waals surface area contributed by atoms with E-state index < -0.39 is 10.0 Å². The fourth-order valence-corrected chi connectivity index (χ4v) is 7.05. The second kappa shape index (κ2) is 9.96. The first-order valence-corrected chi connectivity index (χ1v) is 13.6. The van der Waals surface area contributed by atoms with E-state index in [2.05, 4.69) is 34.1 Å². The van der Waals surface area contributed by atoms with Crippen molar-refractivity contribution in [3.63, 3.8) is 0 Å². The molecule has 34 heavy (non-hydrogen) atoms. The van der Waals surface area contributed by atoms with Gasteiger partial charge in [0.05, 0.1) is 12.4 Å². The Balaban J connectivity index is 1.38. The minimum Gasteiger partial charge on any atom is -0.395 e. The van der Waals surface area contributed by atoms with Crippen LogP contribution in [0.4, 0.5) is 0 Å². The average Bonchev–Trinajstić information content (AvgIpc) is 2.84. The molecule has 2 fully saturated rings. The van der Waals surface area contributed by atoms with Crippen molar-refractivity contribution in [2.24, 2.45) is 0 Å². The third kappa shape index (κ3) is 4.66. The Morgan fingerprint density at radius 1 is 0.912 bits per heavy atom. The lowest BCUT2D eigenvalue weighted by atomic mass is 9.74. The molecule has 3 heterocycles. The van der Waals surface area contributed by atoms with Crippen LogP contribution < -0.4 is 0 Å². The van der Waals surface area contributed by atoms with Crippen molar-refractivity contribution in [2.75, 3.05) is 26.2 Å². The summed E-state index contributed by atoms with van der Waals surface area (Å²) in [4.78, 5) is 6.51. The topological polar surface area (TPSA) is 73.7 Å². The molecule has 3 atom stereocenters. The minimum atomic E-state index is -3.43. The Morgan fingerprint density at radius 2 is 1.68 bits per heavy atom. The van der Waals surface area contributed by atoms with E-state index in [0.717, 1.165) is 41.6 Å². The van der Waals surface area contributed by atoms with Crippen LogP contribution in [0.3, 0.4) is 0 Å². The SMILES string of the molecule is O=S(=O)(Cc1ccccc1)N1CCCCN2[C@H](CO)[C@H](c3ccc(-c4cccnc4)cc3)[C@H]2C1. The molecule has 0 aliphatic carbocycles. The molecule has 2 aliphatic heterocycles. The standard InChI is InChI=1S/C27H31N3O3S/c31-19-26-27(23-12-10-22(11-13-23)24-9-6-14-28-17-24)25-18-29(15-4-5-16-30(25)26)34(32,33)20-21-7-2-1-3-8-21/h1-3,6-14,17,25-27,31H,4-5,15-16,18-20H2/t25-,26-,27-/m1/s1.